The number of benzene rings is 1. The standard InChI is InChI=1S/C21H32N2O5/c1-2-27-19-16-17(10-11-22-20(24)8-9-21(25)26)6-7-18(19)28-15-14-23-12-4-3-5-13-23/h6-7,16H,2-5,8-15H2,1H3,(H,22,24)(H,25,26). The van der Waals surface area contributed by atoms with Crippen molar-refractivity contribution in [2.45, 2.75) is 45.4 Å². The average Bonchev–Trinajstić information content (AvgIpc) is 2.69. The van der Waals surface area contributed by atoms with Gasteiger partial charge in [-0.3, -0.25) is 14.5 Å². The Hall–Kier alpha value is -2.28. The summed E-state index contributed by atoms with van der Waals surface area (Å²) in [6.45, 7) is 6.82. The molecule has 0 bridgehead atoms. The van der Waals surface area contributed by atoms with E-state index in [1.165, 1.54) is 19.3 Å². The molecule has 1 heterocycles. The Morgan fingerprint density at radius 2 is 1.89 bits per heavy atom. The minimum Gasteiger partial charge on any atom is -0.490 e. The molecule has 28 heavy (non-hydrogen) atoms. The summed E-state index contributed by atoms with van der Waals surface area (Å²) in [5, 5.41) is 11.3. The number of rotatable bonds is 12. The number of carbonyl (C=O) groups excluding carboxylic acids is 1. The smallest absolute Gasteiger partial charge is 0.303 e. The topological polar surface area (TPSA) is 88.1 Å². The SMILES string of the molecule is CCOc1cc(CCNC(=O)CCC(=O)O)ccc1OCCN1CCCCC1. The molecule has 1 aliphatic rings. The second-order valence-corrected chi connectivity index (χ2v) is 6.96. The Bertz CT molecular complexity index is 629. The van der Waals surface area contributed by atoms with Crippen LogP contribution in [0, 0.1) is 0 Å². The van der Waals surface area contributed by atoms with Crippen molar-refractivity contribution in [2.75, 3.05) is 39.4 Å². The van der Waals surface area contributed by atoms with Crippen molar-refractivity contribution in [3.05, 3.63) is 23.8 Å². The summed E-state index contributed by atoms with van der Waals surface area (Å²) in [6, 6.07) is 5.84. The normalized spacial score (nSPS) is 14.5. The summed E-state index contributed by atoms with van der Waals surface area (Å²) in [5.74, 6) is 0.251. The van der Waals surface area contributed by atoms with Gasteiger partial charge < -0.3 is 19.9 Å². The number of piperidine rings is 1. The molecule has 1 amide bonds. The molecule has 0 atom stereocenters. The fraction of sp³-hybridized carbons (Fsp3) is 0.619. The number of hydrogen-bond donors (Lipinski definition) is 2. The third-order valence-electron chi connectivity index (χ3n) is 4.72. The molecular weight excluding hydrogens is 360 g/mol. The number of carbonyl (C=O) groups is 2. The van der Waals surface area contributed by atoms with Gasteiger partial charge in [-0.05, 0) is 57.0 Å². The number of aliphatic carboxylic acids is 1. The third kappa shape index (κ3) is 8.17. The van der Waals surface area contributed by atoms with Crippen LogP contribution in [0.15, 0.2) is 18.2 Å². The largest absolute Gasteiger partial charge is 0.490 e. The highest BCUT2D eigenvalue weighted by Crippen LogP contribution is 2.28. The molecule has 2 rings (SSSR count). The lowest BCUT2D eigenvalue weighted by molar-refractivity contribution is -0.138. The van der Waals surface area contributed by atoms with Gasteiger partial charge in [0.15, 0.2) is 11.5 Å². The van der Waals surface area contributed by atoms with Gasteiger partial charge in [0.05, 0.1) is 13.0 Å². The van der Waals surface area contributed by atoms with Gasteiger partial charge in [-0.2, -0.15) is 0 Å². The minimum atomic E-state index is -0.965. The van der Waals surface area contributed by atoms with Gasteiger partial charge in [0, 0.05) is 19.5 Å². The summed E-state index contributed by atoms with van der Waals surface area (Å²) < 4.78 is 11.7. The Balaban J connectivity index is 1.79. The summed E-state index contributed by atoms with van der Waals surface area (Å²) in [4.78, 5) is 24.5. The van der Waals surface area contributed by atoms with Crippen LogP contribution in [0.25, 0.3) is 0 Å². The van der Waals surface area contributed by atoms with Gasteiger partial charge in [0.25, 0.3) is 0 Å². The van der Waals surface area contributed by atoms with Crippen LogP contribution < -0.4 is 14.8 Å². The maximum Gasteiger partial charge on any atom is 0.303 e. The first kappa shape index (κ1) is 22.0. The summed E-state index contributed by atoms with van der Waals surface area (Å²) in [7, 11) is 0. The van der Waals surface area contributed by atoms with Gasteiger partial charge in [0.1, 0.15) is 6.61 Å². The van der Waals surface area contributed by atoms with Crippen LogP contribution in [-0.4, -0.2) is 61.3 Å². The van der Waals surface area contributed by atoms with Crippen molar-refractivity contribution in [3.63, 3.8) is 0 Å². The number of carboxylic acid groups (broad SMARTS) is 1. The van der Waals surface area contributed by atoms with Crippen LogP contribution in [0.3, 0.4) is 0 Å². The maximum absolute atomic E-state index is 11.6. The molecule has 0 aromatic heterocycles. The lowest BCUT2D eigenvalue weighted by atomic mass is 10.1. The number of hydrogen-bond acceptors (Lipinski definition) is 5. The van der Waals surface area contributed by atoms with Crippen molar-refractivity contribution >= 4 is 11.9 Å². The van der Waals surface area contributed by atoms with E-state index < -0.39 is 5.97 Å². The number of ether oxygens (including phenoxy) is 2. The molecular formula is C21H32N2O5. The number of carboxylic acids is 1. The first-order valence-electron chi connectivity index (χ1n) is 10.2. The second kappa shape index (κ2) is 12.2. The second-order valence-electron chi connectivity index (χ2n) is 6.96. The van der Waals surface area contributed by atoms with Crippen LogP contribution in [0.1, 0.15) is 44.6 Å². The highest BCUT2D eigenvalue weighted by Gasteiger charge is 2.12. The highest BCUT2D eigenvalue weighted by atomic mass is 16.5. The van der Waals surface area contributed by atoms with Crippen LogP contribution >= 0.6 is 0 Å². The summed E-state index contributed by atoms with van der Waals surface area (Å²) in [6.07, 6.45) is 4.37. The lowest BCUT2D eigenvalue weighted by Crippen LogP contribution is -2.33. The van der Waals surface area contributed by atoms with Crippen LogP contribution in [0.5, 0.6) is 11.5 Å². The molecule has 0 aliphatic carbocycles. The predicted molar refractivity (Wildman–Crippen MR) is 107 cm³/mol. The van der Waals surface area contributed by atoms with E-state index in [1.54, 1.807) is 0 Å². The quantitative estimate of drug-likeness (QED) is 0.568. The molecule has 0 unspecified atom stereocenters. The van der Waals surface area contributed by atoms with Gasteiger partial charge in [-0.1, -0.05) is 12.5 Å². The summed E-state index contributed by atoms with van der Waals surface area (Å²) >= 11 is 0. The fourth-order valence-corrected chi connectivity index (χ4v) is 3.22. The number of likely N-dealkylation sites (tertiary alicyclic amines) is 1. The van der Waals surface area contributed by atoms with Crippen LogP contribution in [0.4, 0.5) is 0 Å². The van der Waals surface area contributed by atoms with Crippen molar-refractivity contribution in [1.29, 1.82) is 0 Å². The molecule has 2 N–H and O–H groups in total. The van der Waals surface area contributed by atoms with Gasteiger partial charge in [-0.25, -0.2) is 0 Å². The zero-order chi connectivity index (χ0) is 20.2. The Kier molecular flexibility index (Phi) is 9.62. The molecule has 1 aliphatic heterocycles. The lowest BCUT2D eigenvalue weighted by Gasteiger charge is -2.26. The minimum absolute atomic E-state index is 0.00330. The van der Waals surface area contributed by atoms with E-state index in [-0.39, 0.29) is 18.7 Å². The molecule has 1 aromatic rings. The van der Waals surface area contributed by atoms with E-state index in [1.807, 2.05) is 25.1 Å². The molecule has 1 aromatic carbocycles. The van der Waals surface area contributed by atoms with Gasteiger partial charge >= 0.3 is 5.97 Å². The van der Waals surface area contributed by atoms with Crippen LogP contribution in [0.2, 0.25) is 0 Å². The molecule has 156 valence electrons. The monoisotopic (exact) mass is 392 g/mol. The molecule has 1 fully saturated rings. The first-order valence-corrected chi connectivity index (χ1v) is 10.2. The van der Waals surface area contributed by atoms with E-state index in [9.17, 15) is 9.59 Å². The predicted octanol–water partition coefficient (Wildman–Crippen LogP) is 2.47. The van der Waals surface area contributed by atoms with Gasteiger partial charge in [0.2, 0.25) is 5.91 Å². The number of amides is 1. The Labute approximate surface area is 167 Å². The zero-order valence-corrected chi connectivity index (χ0v) is 16.7. The van der Waals surface area contributed by atoms with Crippen molar-refractivity contribution in [2.24, 2.45) is 0 Å². The van der Waals surface area contributed by atoms with E-state index in [0.29, 0.717) is 26.2 Å². The van der Waals surface area contributed by atoms with Crippen molar-refractivity contribution in [3.8, 4) is 11.5 Å². The van der Waals surface area contributed by atoms with Crippen molar-refractivity contribution in [1.82, 2.24) is 10.2 Å². The number of nitrogens with one attached hydrogen (secondary N) is 1. The highest BCUT2D eigenvalue weighted by molar-refractivity contribution is 5.80. The summed E-state index contributed by atoms with van der Waals surface area (Å²) in [5.41, 5.74) is 1.03. The van der Waals surface area contributed by atoms with E-state index in [2.05, 4.69) is 10.2 Å². The molecule has 7 nitrogen and oxygen atoms in total. The molecule has 7 heteroatoms. The van der Waals surface area contributed by atoms with E-state index in [0.717, 1.165) is 36.7 Å². The fourth-order valence-electron chi connectivity index (χ4n) is 3.22. The maximum atomic E-state index is 11.6. The molecule has 0 spiro atoms. The van der Waals surface area contributed by atoms with Crippen LogP contribution in [-0.2, 0) is 16.0 Å². The Morgan fingerprint density at radius 1 is 1.11 bits per heavy atom. The zero-order valence-electron chi connectivity index (χ0n) is 16.7. The molecule has 1 saturated heterocycles. The molecule has 0 saturated carbocycles. The average molecular weight is 392 g/mol. The van der Waals surface area contributed by atoms with Crippen molar-refractivity contribution < 1.29 is 24.2 Å². The van der Waals surface area contributed by atoms with E-state index in [4.69, 9.17) is 14.6 Å². The number of nitrogens with zero attached hydrogens (tertiary/aromatic N) is 1. The Morgan fingerprint density at radius 3 is 2.61 bits per heavy atom. The first-order chi connectivity index (χ1) is 13.6. The van der Waals surface area contributed by atoms with E-state index >= 15 is 0 Å². The molecule has 0 radical (unpaired) electrons. The van der Waals surface area contributed by atoms with Gasteiger partial charge in [-0.15, -0.1) is 0 Å². The third-order valence-corrected chi connectivity index (χ3v) is 4.72.